The van der Waals surface area contributed by atoms with E-state index >= 15 is 0 Å². The molecule has 3 heteroatoms. The summed E-state index contributed by atoms with van der Waals surface area (Å²) in [6.07, 6.45) is 3.48. The molecule has 70 valence electrons. The van der Waals surface area contributed by atoms with Gasteiger partial charge in [0, 0.05) is 6.54 Å². The van der Waals surface area contributed by atoms with Gasteiger partial charge in [-0.1, -0.05) is 0 Å². The zero-order valence-corrected chi connectivity index (χ0v) is 7.75. The van der Waals surface area contributed by atoms with Crippen molar-refractivity contribution in [3.05, 3.63) is 0 Å². The van der Waals surface area contributed by atoms with Crippen molar-refractivity contribution in [3.63, 3.8) is 0 Å². The Balaban J connectivity index is 2.15. The molecule has 1 saturated heterocycles. The van der Waals surface area contributed by atoms with Crippen LogP contribution in [0.25, 0.3) is 0 Å². The topological polar surface area (TPSA) is 32.3 Å². The van der Waals surface area contributed by atoms with E-state index in [4.69, 9.17) is 0 Å². The van der Waals surface area contributed by atoms with Crippen molar-refractivity contribution < 1.29 is 4.79 Å². The number of carbonyl (C=O) groups is 1. The molecule has 0 aromatic carbocycles. The SMILES string of the molecule is CN(CC=O)CC1CCNCC1. The zero-order chi connectivity index (χ0) is 8.81. The van der Waals surface area contributed by atoms with Gasteiger partial charge >= 0.3 is 0 Å². The summed E-state index contributed by atoms with van der Waals surface area (Å²) in [5.41, 5.74) is 0. The number of nitrogens with one attached hydrogen (secondary N) is 1. The average molecular weight is 170 g/mol. The molecule has 12 heavy (non-hydrogen) atoms. The van der Waals surface area contributed by atoms with Crippen molar-refractivity contribution in [1.29, 1.82) is 0 Å². The van der Waals surface area contributed by atoms with Gasteiger partial charge in [0.1, 0.15) is 6.29 Å². The number of likely N-dealkylation sites (N-methyl/N-ethyl adjacent to an activating group) is 1. The number of hydrogen-bond donors (Lipinski definition) is 1. The van der Waals surface area contributed by atoms with Crippen molar-refractivity contribution in [2.24, 2.45) is 5.92 Å². The number of rotatable bonds is 4. The summed E-state index contributed by atoms with van der Waals surface area (Å²) in [4.78, 5) is 12.3. The van der Waals surface area contributed by atoms with E-state index in [9.17, 15) is 4.79 Å². The molecule has 0 aliphatic carbocycles. The summed E-state index contributed by atoms with van der Waals surface area (Å²) in [6, 6.07) is 0. The van der Waals surface area contributed by atoms with E-state index in [2.05, 4.69) is 10.2 Å². The zero-order valence-electron chi connectivity index (χ0n) is 7.75. The Bertz CT molecular complexity index is 132. The maximum atomic E-state index is 10.2. The molecule has 1 aliphatic heterocycles. The van der Waals surface area contributed by atoms with Gasteiger partial charge in [-0.05, 0) is 38.9 Å². The summed E-state index contributed by atoms with van der Waals surface area (Å²) in [5.74, 6) is 0.788. The minimum atomic E-state index is 0.573. The highest BCUT2D eigenvalue weighted by atomic mass is 16.1. The summed E-state index contributed by atoms with van der Waals surface area (Å²) in [6.45, 7) is 3.92. The molecule has 0 unspecified atom stereocenters. The molecule has 1 aliphatic rings. The third kappa shape index (κ3) is 3.32. The highest BCUT2D eigenvalue weighted by Crippen LogP contribution is 2.11. The summed E-state index contributed by atoms with van der Waals surface area (Å²) < 4.78 is 0. The molecule has 3 nitrogen and oxygen atoms in total. The summed E-state index contributed by atoms with van der Waals surface area (Å²) >= 11 is 0. The Hall–Kier alpha value is -0.410. The summed E-state index contributed by atoms with van der Waals surface area (Å²) in [7, 11) is 2.01. The number of hydrogen-bond acceptors (Lipinski definition) is 3. The van der Waals surface area contributed by atoms with Crippen LogP contribution in [0.2, 0.25) is 0 Å². The Morgan fingerprint density at radius 2 is 2.17 bits per heavy atom. The second-order valence-corrected chi connectivity index (χ2v) is 3.58. The molecule has 0 aromatic rings. The normalized spacial score (nSPS) is 19.8. The first kappa shape index (κ1) is 9.68. The van der Waals surface area contributed by atoms with Gasteiger partial charge in [-0.3, -0.25) is 4.90 Å². The molecule has 1 fully saturated rings. The predicted octanol–water partition coefficient (Wildman–Crippen LogP) is 0.117. The lowest BCUT2D eigenvalue weighted by atomic mass is 9.98. The van der Waals surface area contributed by atoms with E-state index in [1.807, 2.05) is 7.05 Å². The van der Waals surface area contributed by atoms with Crippen LogP contribution in [0.1, 0.15) is 12.8 Å². The molecular formula is C9H18N2O. The van der Waals surface area contributed by atoms with Gasteiger partial charge in [0.2, 0.25) is 0 Å². The van der Waals surface area contributed by atoms with E-state index in [0.717, 1.165) is 31.8 Å². The Morgan fingerprint density at radius 3 is 2.75 bits per heavy atom. The quantitative estimate of drug-likeness (QED) is 0.608. The highest BCUT2D eigenvalue weighted by Gasteiger charge is 2.14. The fourth-order valence-electron chi connectivity index (χ4n) is 1.71. The molecule has 1 rings (SSSR count). The number of aldehydes is 1. The fourth-order valence-corrected chi connectivity index (χ4v) is 1.71. The lowest BCUT2D eigenvalue weighted by Gasteiger charge is -2.26. The summed E-state index contributed by atoms with van der Waals surface area (Å²) in [5, 5.41) is 3.33. The fraction of sp³-hybridized carbons (Fsp3) is 0.889. The van der Waals surface area contributed by atoms with Crippen molar-refractivity contribution in [2.45, 2.75) is 12.8 Å². The van der Waals surface area contributed by atoms with Crippen molar-refractivity contribution in [3.8, 4) is 0 Å². The first-order valence-corrected chi connectivity index (χ1v) is 4.66. The molecule has 0 saturated carbocycles. The van der Waals surface area contributed by atoms with Crippen LogP contribution in [-0.4, -0.2) is 44.4 Å². The van der Waals surface area contributed by atoms with Crippen molar-refractivity contribution >= 4 is 6.29 Å². The van der Waals surface area contributed by atoms with Gasteiger partial charge in [0.15, 0.2) is 0 Å². The van der Waals surface area contributed by atoms with Crippen molar-refractivity contribution in [1.82, 2.24) is 10.2 Å². The molecular weight excluding hydrogens is 152 g/mol. The first-order valence-electron chi connectivity index (χ1n) is 4.66. The second-order valence-electron chi connectivity index (χ2n) is 3.58. The highest BCUT2D eigenvalue weighted by molar-refractivity contribution is 5.51. The lowest BCUT2D eigenvalue weighted by molar-refractivity contribution is -0.108. The van der Waals surface area contributed by atoms with Crippen LogP contribution in [-0.2, 0) is 4.79 Å². The smallest absolute Gasteiger partial charge is 0.133 e. The van der Waals surface area contributed by atoms with E-state index in [1.54, 1.807) is 0 Å². The van der Waals surface area contributed by atoms with E-state index < -0.39 is 0 Å². The Morgan fingerprint density at radius 1 is 1.50 bits per heavy atom. The molecule has 0 atom stereocenters. The standard InChI is InChI=1S/C9H18N2O/c1-11(6-7-12)8-9-2-4-10-5-3-9/h7,9-10H,2-6,8H2,1H3. The molecule has 1 N–H and O–H groups in total. The molecule has 0 aromatic heterocycles. The number of carbonyl (C=O) groups excluding carboxylic acids is 1. The molecule has 0 radical (unpaired) electrons. The van der Waals surface area contributed by atoms with Crippen LogP contribution in [0.3, 0.4) is 0 Å². The number of nitrogens with zero attached hydrogens (tertiary/aromatic N) is 1. The van der Waals surface area contributed by atoms with E-state index in [0.29, 0.717) is 6.54 Å². The van der Waals surface area contributed by atoms with E-state index in [1.165, 1.54) is 12.8 Å². The second kappa shape index (κ2) is 5.27. The van der Waals surface area contributed by atoms with Gasteiger partial charge in [-0.25, -0.2) is 0 Å². The van der Waals surface area contributed by atoms with Crippen LogP contribution in [0.15, 0.2) is 0 Å². The molecule has 0 bridgehead atoms. The minimum absolute atomic E-state index is 0.573. The van der Waals surface area contributed by atoms with Crippen molar-refractivity contribution in [2.75, 3.05) is 33.2 Å². The van der Waals surface area contributed by atoms with Crippen LogP contribution in [0, 0.1) is 5.92 Å². The van der Waals surface area contributed by atoms with Crippen LogP contribution < -0.4 is 5.32 Å². The van der Waals surface area contributed by atoms with Gasteiger partial charge < -0.3 is 10.1 Å². The largest absolute Gasteiger partial charge is 0.317 e. The Labute approximate surface area is 74.1 Å². The Kier molecular flexibility index (Phi) is 4.25. The third-order valence-electron chi connectivity index (χ3n) is 2.41. The van der Waals surface area contributed by atoms with Crippen LogP contribution in [0.4, 0.5) is 0 Å². The monoisotopic (exact) mass is 170 g/mol. The predicted molar refractivity (Wildman–Crippen MR) is 49.2 cm³/mol. The lowest BCUT2D eigenvalue weighted by Crippen LogP contribution is -2.35. The van der Waals surface area contributed by atoms with E-state index in [-0.39, 0.29) is 0 Å². The maximum absolute atomic E-state index is 10.2. The van der Waals surface area contributed by atoms with Gasteiger partial charge in [0.25, 0.3) is 0 Å². The van der Waals surface area contributed by atoms with Gasteiger partial charge in [-0.2, -0.15) is 0 Å². The van der Waals surface area contributed by atoms with Crippen LogP contribution >= 0.6 is 0 Å². The van der Waals surface area contributed by atoms with Gasteiger partial charge in [-0.15, -0.1) is 0 Å². The van der Waals surface area contributed by atoms with Crippen LogP contribution in [0.5, 0.6) is 0 Å². The molecule has 1 heterocycles. The molecule has 0 amide bonds. The minimum Gasteiger partial charge on any atom is -0.317 e. The third-order valence-corrected chi connectivity index (χ3v) is 2.41. The molecule has 0 spiro atoms. The first-order chi connectivity index (χ1) is 5.83. The number of piperidine rings is 1. The average Bonchev–Trinajstić information content (AvgIpc) is 2.06. The maximum Gasteiger partial charge on any atom is 0.133 e. The van der Waals surface area contributed by atoms with Gasteiger partial charge in [0.05, 0.1) is 6.54 Å².